The molecule has 0 unspecified atom stereocenters. The Morgan fingerprint density at radius 2 is 2.07 bits per heavy atom. The van der Waals surface area contributed by atoms with Gasteiger partial charge in [-0.25, -0.2) is 0 Å². The number of carbonyl (C=O) groups is 3. The monoisotopic (exact) mass is 467 g/mol. The predicted molar refractivity (Wildman–Crippen MR) is 113 cm³/mol. The topological polar surface area (TPSA) is 92.5 Å². The average molecular weight is 468 g/mol. The quantitative estimate of drug-likeness (QED) is 0.454. The van der Waals surface area contributed by atoms with Gasteiger partial charge in [0.2, 0.25) is 17.7 Å². The molecule has 3 N–H and O–H groups in total. The molecular formula is C20H26BrN3O3S. The number of aryl methyl sites for hydroxylation is 1. The molecule has 0 radical (unpaired) electrons. The highest BCUT2D eigenvalue weighted by Gasteiger charge is 2.51. The van der Waals surface area contributed by atoms with Crippen LogP contribution in [0, 0.1) is 5.41 Å². The van der Waals surface area contributed by atoms with Crippen molar-refractivity contribution < 1.29 is 14.4 Å². The van der Waals surface area contributed by atoms with Crippen molar-refractivity contribution in [2.45, 2.75) is 44.9 Å². The summed E-state index contributed by atoms with van der Waals surface area (Å²) in [6, 6.07) is 4.11. The first-order valence-electron chi connectivity index (χ1n) is 9.69. The van der Waals surface area contributed by atoms with E-state index >= 15 is 0 Å². The zero-order valence-electron chi connectivity index (χ0n) is 15.8. The van der Waals surface area contributed by atoms with Gasteiger partial charge in [-0.1, -0.05) is 18.1 Å². The maximum Gasteiger partial charge on any atom is 0.238 e. The van der Waals surface area contributed by atoms with Crippen molar-refractivity contribution in [3.63, 3.8) is 0 Å². The highest BCUT2D eigenvalue weighted by molar-refractivity contribution is 9.11. The number of hydrogen-bond donors (Lipinski definition) is 2. The number of nitrogens with zero attached hydrogens (tertiary/aromatic N) is 1. The van der Waals surface area contributed by atoms with Crippen molar-refractivity contribution in [2.24, 2.45) is 11.1 Å². The molecule has 0 spiro atoms. The molecular weight excluding hydrogens is 442 g/mol. The van der Waals surface area contributed by atoms with Crippen LogP contribution in [0.3, 0.4) is 0 Å². The number of nitrogens with one attached hydrogen (secondary N) is 1. The summed E-state index contributed by atoms with van der Waals surface area (Å²) < 4.78 is 1.11. The summed E-state index contributed by atoms with van der Waals surface area (Å²) >= 11 is 5.15. The number of thiophene rings is 1. The number of amides is 3. The van der Waals surface area contributed by atoms with Crippen LogP contribution in [0.1, 0.15) is 43.4 Å². The van der Waals surface area contributed by atoms with Crippen molar-refractivity contribution in [2.75, 3.05) is 19.6 Å². The Bertz CT molecular complexity index is 785. The van der Waals surface area contributed by atoms with Crippen molar-refractivity contribution in [3.05, 3.63) is 32.4 Å². The van der Waals surface area contributed by atoms with Crippen LogP contribution in [0.5, 0.6) is 0 Å². The molecule has 3 rings (SSSR count). The fraction of sp³-hybridized carbons (Fsp3) is 0.550. The molecule has 2 aliphatic rings. The minimum atomic E-state index is -0.974. The SMILES string of the molecule is NC(=O)C1(C(=O)N2CC=C(CNC(=O)CCCc3ccc(Br)s3)CC2)CCC1. The molecule has 0 aromatic carbocycles. The van der Waals surface area contributed by atoms with Gasteiger partial charge in [-0.3, -0.25) is 14.4 Å². The molecule has 152 valence electrons. The lowest BCUT2D eigenvalue weighted by Crippen LogP contribution is -2.55. The lowest BCUT2D eigenvalue weighted by molar-refractivity contribution is -0.155. The fourth-order valence-electron chi connectivity index (χ4n) is 3.66. The van der Waals surface area contributed by atoms with Gasteiger partial charge in [-0.15, -0.1) is 11.3 Å². The molecule has 1 fully saturated rings. The van der Waals surface area contributed by atoms with Crippen molar-refractivity contribution in [1.82, 2.24) is 10.2 Å². The molecule has 28 heavy (non-hydrogen) atoms. The van der Waals surface area contributed by atoms with Crippen molar-refractivity contribution >= 4 is 45.0 Å². The van der Waals surface area contributed by atoms with E-state index < -0.39 is 11.3 Å². The number of hydrogen-bond acceptors (Lipinski definition) is 4. The van der Waals surface area contributed by atoms with Crippen LogP contribution in [0.25, 0.3) is 0 Å². The third kappa shape index (κ3) is 4.84. The van der Waals surface area contributed by atoms with Crippen LogP contribution >= 0.6 is 27.3 Å². The van der Waals surface area contributed by atoms with Crippen LogP contribution in [-0.4, -0.2) is 42.3 Å². The van der Waals surface area contributed by atoms with Crippen LogP contribution in [-0.2, 0) is 20.8 Å². The Labute approximate surface area is 177 Å². The van der Waals surface area contributed by atoms with E-state index in [2.05, 4.69) is 27.3 Å². The first-order valence-corrected chi connectivity index (χ1v) is 11.3. The molecule has 1 saturated carbocycles. The summed E-state index contributed by atoms with van der Waals surface area (Å²) in [5, 5.41) is 2.97. The Kier molecular flexibility index (Phi) is 6.93. The van der Waals surface area contributed by atoms with Crippen LogP contribution in [0.2, 0.25) is 0 Å². The second-order valence-electron chi connectivity index (χ2n) is 7.50. The second kappa shape index (κ2) is 9.22. The highest BCUT2D eigenvalue weighted by atomic mass is 79.9. The summed E-state index contributed by atoms with van der Waals surface area (Å²) in [6.45, 7) is 1.57. The first-order chi connectivity index (χ1) is 13.4. The minimum absolute atomic E-state index is 0.0529. The Morgan fingerprint density at radius 1 is 1.29 bits per heavy atom. The van der Waals surface area contributed by atoms with Gasteiger partial charge in [0.25, 0.3) is 0 Å². The molecule has 1 aromatic heterocycles. The van der Waals surface area contributed by atoms with Gasteiger partial charge in [0.1, 0.15) is 5.41 Å². The molecule has 8 heteroatoms. The summed E-state index contributed by atoms with van der Waals surface area (Å²) in [6.07, 6.45) is 6.94. The van der Waals surface area contributed by atoms with E-state index in [1.807, 2.05) is 12.1 Å². The van der Waals surface area contributed by atoms with E-state index in [0.29, 0.717) is 45.3 Å². The summed E-state index contributed by atoms with van der Waals surface area (Å²) in [7, 11) is 0. The minimum Gasteiger partial charge on any atom is -0.369 e. The lowest BCUT2D eigenvalue weighted by Gasteiger charge is -2.41. The largest absolute Gasteiger partial charge is 0.369 e. The zero-order valence-corrected chi connectivity index (χ0v) is 18.2. The van der Waals surface area contributed by atoms with E-state index in [9.17, 15) is 14.4 Å². The van der Waals surface area contributed by atoms with E-state index in [0.717, 1.165) is 28.6 Å². The van der Waals surface area contributed by atoms with Crippen molar-refractivity contribution in [3.8, 4) is 0 Å². The summed E-state index contributed by atoms with van der Waals surface area (Å²) in [5.74, 6) is -0.580. The van der Waals surface area contributed by atoms with E-state index in [1.165, 1.54) is 4.88 Å². The van der Waals surface area contributed by atoms with Crippen molar-refractivity contribution in [1.29, 1.82) is 0 Å². The van der Waals surface area contributed by atoms with Gasteiger partial charge in [0.05, 0.1) is 3.79 Å². The van der Waals surface area contributed by atoms with Gasteiger partial charge in [0, 0.05) is 30.9 Å². The third-order valence-electron chi connectivity index (χ3n) is 5.65. The summed E-state index contributed by atoms with van der Waals surface area (Å²) in [4.78, 5) is 39.4. The third-order valence-corrected chi connectivity index (χ3v) is 7.33. The molecule has 3 amide bonds. The highest BCUT2D eigenvalue weighted by Crippen LogP contribution is 2.42. The molecule has 1 aliphatic carbocycles. The predicted octanol–water partition coefficient (Wildman–Crippen LogP) is 2.76. The average Bonchev–Trinajstić information content (AvgIpc) is 3.04. The molecule has 2 heterocycles. The zero-order chi connectivity index (χ0) is 20.1. The lowest BCUT2D eigenvalue weighted by atomic mass is 9.67. The fourth-order valence-corrected chi connectivity index (χ4v) is 5.19. The smallest absolute Gasteiger partial charge is 0.238 e. The normalized spacial score (nSPS) is 18.2. The van der Waals surface area contributed by atoms with Gasteiger partial charge < -0.3 is 16.0 Å². The number of halogens is 1. The molecule has 1 aromatic rings. The Balaban J connectivity index is 1.38. The van der Waals surface area contributed by atoms with Gasteiger partial charge in [-0.2, -0.15) is 0 Å². The van der Waals surface area contributed by atoms with Gasteiger partial charge in [-0.05, 0) is 60.2 Å². The Hall–Kier alpha value is -1.67. The number of carbonyl (C=O) groups excluding carboxylic acids is 3. The van der Waals surface area contributed by atoms with E-state index in [-0.39, 0.29) is 11.8 Å². The van der Waals surface area contributed by atoms with Crippen LogP contribution in [0.15, 0.2) is 27.6 Å². The van der Waals surface area contributed by atoms with E-state index in [4.69, 9.17) is 5.73 Å². The van der Waals surface area contributed by atoms with E-state index in [1.54, 1.807) is 16.2 Å². The molecule has 0 atom stereocenters. The maximum atomic E-state index is 12.7. The maximum absolute atomic E-state index is 12.7. The molecule has 0 saturated heterocycles. The molecule has 0 bridgehead atoms. The molecule has 6 nitrogen and oxygen atoms in total. The number of nitrogens with two attached hydrogens (primary N) is 1. The second-order valence-corrected chi connectivity index (χ2v) is 10.0. The standard InChI is InChI=1S/C20H26BrN3O3S/c21-16-6-5-15(28-16)3-1-4-17(25)23-13-14-7-11-24(12-8-14)19(27)20(18(22)26)9-2-10-20/h5-7H,1-4,8-13H2,(H2,22,26)(H,23,25). The summed E-state index contributed by atoms with van der Waals surface area (Å²) in [5.41, 5.74) is 5.63. The van der Waals surface area contributed by atoms with Gasteiger partial charge >= 0.3 is 0 Å². The first kappa shape index (κ1) is 21.0. The molecule has 1 aliphatic heterocycles. The number of rotatable bonds is 8. The Morgan fingerprint density at radius 3 is 2.61 bits per heavy atom. The van der Waals surface area contributed by atoms with Crippen LogP contribution in [0.4, 0.5) is 0 Å². The number of primary amides is 1. The van der Waals surface area contributed by atoms with Crippen LogP contribution < -0.4 is 11.1 Å². The van der Waals surface area contributed by atoms with Gasteiger partial charge in [0.15, 0.2) is 0 Å².